The van der Waals surface area contributed by atoms with Gasteiger partial charge < -0.3 is 5.32 Å². The second-order valence-corrected chi connectivity index (χ2v) is 7.51. The Labute approximate surface area is 133 Å². The molecule has 116 valence electrons. The number of hydrogen-bond acceptors (Lipinski definition) is 5. The van der Waals surface area contributed by atoms with Gasteiger partial charge in [0, 0.05) is 17.1 Å². The standard InChI is InChI=1S/C14H21N3O2S2/c1-9-5-3-4-6-11(9)16-13(19)17-12(18)8-21-14-15-10(2)7-20-14/h7,9,11H,3-6,8H2,1-2H3,(H2,16,17,18,19)/t9-,11-/m1/s1. The molecule has 3 amide bonds. The molecule has 1 fully saturated rings. The van der Waals surface area contributed by atoms with Crippen LogP contribution in [0, 0.1) is 12.8 Å². The third-order valence-corrected chi connectivity index (χ3v) is 5.74. The predicted octanol–water partition coefficient (Wildman–Crippen LogP) is 2.95. The van der Waals surface area contributed by atoms with Crippen LogP contribution in [0.4, 0.5) is 4.79 Å². The minimum atomic E-state index is -0.380. The molecule has 1 aromatic rings. The van der Waals surface area contributed by atoms with E-state index in [1.165, 1.54) is 29.5 Å². The first-order valence-electron chi connectivity index (χ1n) is 7.20. The molecular formula is C14H21N3O2S2. The number of carbonyl (C=O) groups excluding carboxylic acids is 2. The van der Waals surface area contributed by atoms with Crippen molar-refractivity contribution in [3.63, 3.8) is 0 Å². The van der Waals surface area contributed by atoms with Gasteiger partial charge in [-0.3, -0.25) is 10.1 Å². The third kappa shape index (κ3) is 5.32. The maximum Gasteiger partial charge on any atom is 0.321 e. The van der Waals surface area contributed by atoms with E-state index in [4.69, 9.17) is 0 Å². The molecule has 21 heavy (non-hydrogen) atoms. The number of aryl methyl sites for hydroxylation is 1. The molecule has 1 aromatic heterocycles. The summed E-state index contributed by atoms with van der Waals surface area (Å²) in [5.41, 5.74) is 0.951. The number of imide groups is 1. The Morgan fingerprint density at radius 1 is 1.43 bits per heavy atom. The number of hydrogen-bond donors (Lipinski definition) is 2. The van der Waals surface area contributed by atoms with Crippen LogP contribution in [0.2, 0.25) is 0 Å². The minimum absolute atomic E-state index is 0.181. The first-order chi connectivity index (χ1) is 10.0. The van der Waals surface area contributed by atoms with E-state index in [0.717, 1.165) is 29.3 Å². The van der Waals surface area contributed by atoms with Crippen LogP contribution in [-0.4, -0.2) is 28.7 Å². The van der Waals surface area contributed by atoms with Gasteiger partial charge in [-0.25, -0.2) is 9.78 Å². The van der Waals surface area contributed by atoms with E-state index in [0.29, 0.717) is 5.92 Å². The zero-order valence-corrected chi connectivity index (χ0v) is 14.0. The first-order valence-corrected chi connectivity index (χ1v) is 9.06. The fourth-order valence-electron chi connectivity index (χ4n) is 2.42. The molecular weight excluding hydrogens is 306 g/mol. The largest absolute Gasteiger partial charge is 0.335 e. The van der Waals surface area contributed by atoms with Crippen LogP contribution >= 0.6 is 23.1 Å². The Bertz CT molecular complexity index is 504. The van der Waals surface area contributed by atoms with Crippen LogP contribution < -0.4 is 10.6 Å². The zero-order chi connectivity index (χ0) is 15.2. The van der Waals surface area contributed by atoms with Crippen LogP contribution in [0.3, 0.4) is 0 Å². The monoisotopic (exact) mass is 327 g/mol. The summed E-state index contributed by atoms with van der Waals surface area (Å²) in [5.74, 6) is 0.404. The van der Waals surface area contributed by atoms with Crippen LogP contribution in [0.5, 0.6) is 0 Å². The molecule has 5 nitrogen and oxygen atoms in total. The predicted molar refractivity (Wildman–Crippen MR) is 85.7 cm³/mol. The number of urea groups is 1. The maximum atomic E-state index is 11.8. The van der Waals surface area contributed by atoms with Crippen molar-refractivity contribution in [3.05, 3.63) is 11.1 Å². The normalized spacial score (nSPS) is 21.8. The third-order valence-electron chi connectivity index (χ3n) is 3.61. The van der Waals surface area contributed by atoms with Gasteiger partial charge in [0.25, 0.3) is 0 Å². The highest BCUT2D eigenvalue weighted by Crippen LogP contribution is 2.24. The van der Waals surface area contributed by atoms with Gasteiger partial charge in [-0.1, -0.05) is 31.5 Å². The Kier molecular flexibility index (Phi) is 6.05. The van der Waals surface area contributed by atoms with Crippen LogP contribution in [0.15, 0.2) is 9.72 Å². The van der Waals surface area contributed by atoms with E-state index < -0.39 is 0 Å². The average molecular weight is 327 g/mol. The van der Waals surface area contributed by atoms with Gasteiger partial charge in [-0.05, 0) is 25.7 Å². The molecule has 0 saturated heterocycles. The lowest BCUT2D eigenvalue weighted by Gasteiger charge is -2.29. The average Bonchev–Trinajstić information content (AvgIpc) is 2.85. The van der Waals surface area contributed by atoms with E-state index in [9.17, 15) is 9.59 Å². The van der Waals surface area contributed by atoms with Crippen LogP contribution in [0.25, 0.3) is 0 Å². The van der Waals surface area contributed by atoms with E-state index in [2.05, 4.69) is 22.5 Å². The van der Waals surface area contributed by atoms with Crippen molar-refractivity contribution in [3.8, 4) is 0 Å². The molecule has 0 radical (unpaired) electrons. The second kappa shape index (κ2) is 7.79. The van der Waals surface area contributed by atoms with E-state index in [-0.39, 0.29) is 23.7 Å². The van der Waals surface area contributed by atoms with Crippen molar-refractivity contribution in [2.75, 3.05) is 5.75 Å². The fourth-order valence-corrected chi connectivity index (χ4v) is 4.07. The highest BCUT2D eigenvalue weighted by Gasteiger charge is 2.23. The smallest absolute Gasteiger partial charge is 0.321 e. The molecule has 0 bridgehead atoms. The van der Waals surface area contributed by atoms with Crippen LogP contribution in [-0.2, 0) is 4.79 Å². The van der Waals surface area contributed by atoms with Gasteiger partial charge in [-0.15, -0.1) is 11.3 Å². The summed E-state index contributed by atoms with van der Waals surface area (Å²) in [4.78, 5) is 27.8. The lowest BCUT2D eigenvalue weighted by Crippen LogP contribution is -2.48. The highest BCUT2D eigenvalue weighted by atomic mass is 32.2. The summed E-state index contributed by atoms with van der Waals surface area (Å²) in [6.45, 7) is 4.06. The lowest BCUT2D eigenvalue weighted by atomic mass is 9.86. The van der Waals surface area contributed by atoms with Crippen molar-refractivity contribution in [1.82, 2.24) is 15.6 Å². The Hall–Kier alpha value is -1.08. The van der Waals surface area contributed by atoms with Crippen LogP contribution in [0.1, 0.15) is 38.3 Å². The number of carbonyl (C=O) groups is 2. The molecule has 0 aromatic carbocycles. The summed E-state index contributed by atoms with van der Waals surface area (Å²) in [6, 6.07) is -0.199. The van der Waals surface area contributed by atoms with Gasteiger partial charge in [-0.2, -0.15) is 0 Å². The summed E-state index contributed by atoms with van der Waals surface area (Å²) < 4.78 is 0.851. The van der Waals surface area contributed by atoms with Crippen molar-refractivity contribution in [2.45, 2.75) is 49.9 Å². The Morgan fingerprint density at radius 3 is 2.86 bits per heavy atom. The van der Waals surface area contributed by atoms with Crippen molar-refractivity contribution in [2.24, 2.45) is 5.92 Å². The van der Waals surface area contributed by atoms with E-state index >= 15 is 0 Å². The Balaban J connectivity index is 1.70. The Morgan fingerprint density at radius 2 is 2.19 bits per heavy atom. The molecule has 0 aliphatic heterocycles. The van der Waals surface area contributed by atoms with Gasteiger partial charge in [0.15, 0.2) is 4.34 Å². The molecule has 1 heterocycles. The molecule has 7 heteroatoms. The number of amides is 3. The summed E-state index contributed by atoms with van der Waals surface area (Å²) in [5, 5.41) is 7.24. The zero-order valence-electron chi connectivity index (χ0n) is 12.3. The summed E-state index contributed by atoms with van der Waals surface area (Å²) in [6.07, 6.45) is 4.50. The van der Waals surface area contributed by atoms with Gasteiger partial charge in [0.1, 0.15) is 0 Å². The summed E-state index contributed by atoms with van der Waals surface area (Å²) >= 11 is 2.86. The molecule has 2 atom stereocenters. The number of aromatic nitrogens is 1. The molecule has 2 rings (SSSR count). The topological polar surface area (TPSA) is 71.1 Å². The first kappa shape index (κ1) is 16.3. The number of rotatable bonds is 4. The number of thiazole rings is 1. The van der Waals surface area contributed by atoms with E-state index in [1.807, 2.05) is 12.3 Å². The van der Waals surface area contributed by atoms with Gasteiger partial charge in [0.05, 0.1) is 5.75 Å². The highest BCUT2D eigenvalue weighted by molar-refractivity contribution is 8.01. The SMILES string of the molecule is Cc1csc(SCC(=O)NC(=O)N[C@@H]2CCCC[C@H]2C)n1. The molecule has 0 unspecified atom stereocenters. The lowest BCUT2D eigenvalue weighted by molar-refractivity contribution is -0.117. The number of thioether (sulfide) groups is 1. The quantitative estimate of drug-likeness (QED) is 0.834. The molecule has 1 aliphatic carbocycles. The van der Waals surface area contributed by atoms with Crippen molar-refractivity contribution in [1.29, 1.82) is 0 Å². The molecule has 0 spiro atoms. The number of nitrogens with one attached hydrogen (secondary N) is 2. The molecule has 2 N–H and O–H groups in total. The van der Waals surface area contributed by atoms with Gasteiger partial charge >= 0.3 is 6.03 Å². The number of nitrogens with zero attached hydrogens (tertiary/aromatic N) is 1. The minimum Gasteiger partial charge on any atom is -0.335 e. The maximum absolute atomic E-state index is 11.8. The summed E-state index contributed by atoms with van der Waals surface area (Å²) in [7, 11) is 0. The fraction of sp³-hybridized carbons (Fsp3) is 0.643. The second-order valence-electron chi connectivity index (χ2n) is 5.43. The van der Waals surface area contributed by atoms with Crippen molar-refractivity contribution < 1.29 is 9.59 Å². The molecule has 1 aliphatic rings. The van der Waals surface area contributed by atoms with Gasteiger partial charge in [0.2, 0.25) is 5.91 Å². The van der Waals surface area contributed by atoms with E-state index in [1.54, 1.807) is 0 Å². The molecule has 1 saturated carbocycles. The van der Waals surface area contributed by atoms with Crippen molar-refractivity contribution >= 4 is 35.0 Å².